The maximum atomic E-state index is 13.2. The average Bonchev–Trinajstić information content (AvgIpc) is 3.05. The van der Waals surface area contributed by atoms with Gasteiger partial charge in [0.2, 0.25) is 0 Å². The minimum atomic E-state index is -0.234. The topological polar surface area (TPSA) is 40.9 Å². The van der Waals surface area contributed by atoms with Crippen LogP contribution in [-0.4, -0.2) is 46.4 Å². The van der Waals surface area contributed by atoms with Crippen molar-refractivity contribution in [2.24, 2.45) is 0 Å². The van der Waals surface area contributed by atoms with Crippen molar-refractivity contribution in [2.45, 2.75) is 20.3 Å². The molecule has 0 N–H and O–H groups in total. The molecule has 1 aliphatic heterocycles. The number of hydrogen-bond donors (Lipinski definition) is 0. The second-order valence-electron chi connectivity index (χ2n) is 6.95. The zero-order valence-corrected chi connectivity index (χ0v) is 15.7. The number of hydrogen-bond acceptors (Lipinski definition) is 3. The Labute approximate surface area is 158 Å². The lowest BCUT2D eigenvalue weighted by molar-refractivity contribution is 0.0738. The van der Waals surface area contributed by atoms with E-state index in [1.165, 1.54) is 12.1 Å². The lowest BCUT2D eigenvalue weighted by Crippen LogP contribution is -2.49. The van der Waals surface area contributed by atoms with E-state index in [1.54, 1.807) is 12.1 Å². The summed E-state index contributed by atoms with van der Waals surface area (Å²) >= 11 is 0. The summed E-state index contributed by atoms with van der Waals surface area (Å²) in [6, 6.07) is 10.5. The molecule has 3 aromatic rings. The summed E-state index contributed by atoms with van der Waals surface area (Å²) < 4.78 is 15.0. The first-order valence-electron chi connectivity index (χ1n) is 9.34. The Kier molecular flexibility index (Phi) is 4.56. The summed E-state index contributed by atoms with van der Waals surface area (Å²) in [5, 5.41) is 0. The summed E-state index contributed by atoms with van der Waals surface area (Å²) in [4.78, 5) is 21.9. The molecule has 1 aromatic carbocycles. The van der Waals surface area contributed by atoms with Gasteiger partial charge in [0.1, 0.15) is 17.2 Å². The minimum Gasteiger partial charge on any atom is -0.368 e. The summed E-state index contributed by atoms with van der Waals surface area (Å²) in [5.74, 6) is -0.204. The third kappa shape index (κ3) is 3.27. The van der Waals surface area contributed by atoms with E-state index in [-0.39, 0.29) is 11.7 Å². The highest BCUT2D eigenvalue weighted by atomic mass is 19.1. The molecule has 0 radical (unpaired) electrons. The van der Waals surface area contributed by atoms with Gasteiger partial charge in [-0.25, -0.2) is 9.37 Å². The highest BCUT2D eigenvalue weighted by Gasteiger charge is 2.27. The van der Waals surface area contributed by atoms with Crippen LogP contribution in [0.1, 0.15) is 28.7 Å². The number of aromatic nitrogens is 2. The van der Waals surface area contributed by atoms with Crippen molar-refractivity contribution in [1.29, 1.82) is 0 Å². The van der Waals surface area contributed by atoms with Crippen molar-refractivity contribution in [1.82, 2.24) is 14.3 Å². The van der Waals surface area contributed by atoms with Gasteiger partial charge in [-0.15, -0.1) is 0 Å². The lowest BCUT2D eigenvalue weighted by Gasteiger charge is -2.36. The minimum absolute atomic E-state index is 0.0296. The number of halogens is 1. The zero-order chi connectivity index (χ0) is 19.0. The number of fused-ring (bicyclic) bond motifs is 1. The molecule has 0 unspecified atom stereocenters. The van der Waals surface area contributed by atoms with Crippen LogP contribution >= 0.6 is 0 Å². The Morgan fingerprint density at radius 2 is 1.81 bits per heavy atom. The average molecular weight is 366 g/mol. The number of aryl methyl sites for hydroxylation is 2. The van der Waals surface area contributed by atoms with Crippen LogP contribution < -0.4 is 4.90 Å². The molecule has 0 aliphatic carbocycles. The maximum Gasteiger partial charge on any atom is 0.272 e. The molecule has 0 bridgehead atoms. The Balaban J connectivity index is 1.54. The van der Waals surface area contributed by atoms with Gasteiger partial charge in [0, 0.05) is 38.1 Å². The van der Waals surface area contributed by atoms with Gasteiger partial charge in [-0.2, -0.15) is 0 Å². The van der Waals surface area contributed by atoms with Gasteiger partial charge in [-0.1, -0.05) is 6.92 Å². The molecule has 27 heavy (non-hydrogen) atoms. The Hall–Kier alpha value is -2.89. The molecule has 1 saturated heterocycles. The standard InChI is InChI=1S/C21H23FN4O/c1-3-18-20(26-9-8-15(2)14-19(26)23-18)21(27)25-12-10-24(11-13-25)17-6-4-16(22)5-7-17/h4-9,14H,3,10-13H2,1-2H3. The number of pyridine rings is 1. The summed E-state index contributed by atoms with van der Waals surface area (Å²) in [6.45, 7) is 6.79. The molecule has 5 nitrogen and oxygen atoms in total. The van der Waals surface area contributed by atoms with E-state index in [0.29, 0.717) is 18.8 Å². The van der Waals surface area contributed by atoms with E-state index in [4.69, 9.17) is 0 Å². The van der Waals surface area contributed by atoms with Crippen LogP contribution in [0.2, 0.25) is 0 Å². The van der Waals surface area contributed by atoms with Crippen molar-refractivity contribution in [3.8, 4) is 0 Å². The van der Waals surface area contributed by atoms with Crippen LogP contribution in [0.4, 0.5) is 10.1 Å². The van der Waals surface area contributed by atoms with E-state index in [2.05, 4.69) is 9.88 Å². The second-order valence-corrected chi connectivity index (χ2v) is 6.95. The van der Waals surface area contributed by atoms with E-state index in [9.17, 15) is 9.18 Å². The van der Waals surface area contributed by atoms with Crippen molar-refractivity contribution in [2.75, 3.05) is 31.1 Å². The van der Waals surface area contributed by atoms with Crippen LogP contribution in [0.3, 0.4) is 0 Å². The predicted molar refractivity (Wildman–Crippen MR) is 104 cm³/mol. The summed E-state index contributed by atoms with van der Waals surface area (Å²) in [6.07, 6.45) is 2.65. The molecule has 0 atom stereocenters. The molecule has 4 rings (SSSR count). The van der Waals surface area contributed by atoms with Gasteiger partial charge in [0.05, 0.1) is 5.69 Å². The molecule has 3 heterocycles. The number of carbonyl (C=O) groups is 1. The molecule has 1 amide bonds. The summed E-state index contributed by atoms with van der Waals surface area (Å²) in [5.41, 5.74) is 4.44. The first kappa shape index (κ1) is 17.5. The number of carbonyl (C=O) groups excluding carboxylic acids is 1. The number of anilines is 1. The van der Waals surface area contributed by atoms with Gasteiger partial charge in [0.25, 0.3) is 5.91 Å². The molecule has 2 aromatic heterocycles. The molecule has 6 heteroatoms. The smallest absolute Gasteiger partial charge is 0.272 e. The van der Waals surface area contributed by atoms with Crippen molar-refractivity contribution < 1.29 is 9.18 Å². The van der Waals surface area contributed by atoms with Gasteiger partial charge in [0.15, 0.2) is 0 Å². The fraction of sp³-hybridized carbons (Fsp3) is 0.333. The van der Waals surface area contributed by atoms with Crippen LogP contribution in [0.25, 0.3) is 5.65 Å². The maximum absolute atomic E-state index is 13.2. The van der Waals surface area contributed by atoms with E-state index < -0.39 is 0 Å². The van der Waals surface area contributed by atoms with Crippen molar-refractivity contribution in [3.05, 3.63) is 65.4 Å². The van der Waals surface area contributed by atoms with Gasteiger partial charge < -0.3 is 9.80 Å². The molecular formula is C21H23FN4O. The van der Waals surface area contributed by atoms with E-state index in [0.717, 1.165) is 42.1 Å². The van der Waals surface area contributed by atoms with Gasteiger partial charge >= 0.3 is 0 Å². The van der Waals surface area contributed by atoms with Crippen LogP contribution in [-0.2, 0) is 6.42 Å². The first-order valence-corrected chi connectivity index (χ1v) is 9.34. The molecule has 0 spiro atoms. The number of imidazole rings is 1. The highest BCUT2D eigenvalue weighted by Crippen LogP contribution is 2.20. The highest BCUT2D eigenvalue weighted by molar-refractivity contribution is 5.95. The van der Waals surface area contributed by atoms with Crippen molar-refractivity contribution in [3.63, 3.8) is 0 Å². The predicted octanol–water partition coefficient (Wildman–Crippen LogP) is 3.31. The number of benzene rings is 1. The monoisotopic (exact) mass is 366 g/mol. The number of piperazine rings is 1. The fourth-order valence-electron chi connectivity index (χ4n) is 3.64. The number of amides is 1. The number of rotatable bonds is 3. The lowest BCUT2D eigenvalue weighted by atomic mass is 10.2. The summed E-state index contributed by atoms with van der Waals surface area (Å²) in [7, 11) is 0. The van der Waals surface area contributed by atoms with Gasteiger partial charge in [-0.3, -0.25) is 9.20 Å². The third-order valence-electron chi connectivity index (χ3n) is 5.15. The largest absolute Gasteiger partial charge is 0.368 e. The quantitative estimate of drug-likeness (QED) is 0.714. The van der Waals surface area contributed by atoms with Gasteiger partial charge in [-0.05, 0) is 55.3 Å². The second kappa shape index (κ2) is 7.02. The zero-order valence-electron chi connectivity index (χ0n) is 15.7. The van der Waals surface area contributed by atoms with Crippen LogP contribution in [0, 0.1) is 12.7 Å². The Bertz CT molecular complexity index is 972. The molecule has 1 aliphatic rings. The Morgan fingerprint density at radius 3 is 2.48 bits per heavy atom. The number of nitrogens with zero attached hydrogens (tertiary/aromatic N) is 4. The molecule has 0 saturated carbocycles. The molecule has 140 valence electrons. The fourth-order valence-corrected chi connectivity index (χ4v) is 3.64. The van der Waals surface area contributed by atoms with Crippen LogP contribution in [0.15, 0.2) is 42.6 Å². The van der Waals surface area contributed by atoms with Crippen molar-refractivity contribution >= 4 is 17.2 Å². The Morgan fingerprint density at radius 1 is 1.11 bits per heavy atom. The SMILES string of the molecule is CCc1nc2cc(C)ccn2c1C(=O)N1CCN(c2ccc(F)cc2)CC1. The van der Waals surface area contributed by atoms with Crippen LogP contribution in [0.5, 0.6) is 0 Å². The molecular weight excluding hydrogens is 343 g/mol. The van der Waals surface area contributed by atoms with E-state index >= 15 is 0 Å². The van der Waals surface area contributed by atoms with E-state index in [1.807, 2.05) is 41.5 Å². The first-order chi connectivity index (χ1) is 13.1. The molecule has 1 fully saturated rings. The third-order valence-corrected chi connectivity index (χ3v) is 5.15. The normalized spacial score (nSPS) is 14.8.